The number of hydrogen-bond donors (Lipinski definition) is 1. The molecule has 0 saturated carbocycles. The Morgan fingerprint density at radius 2 is 2.03 bits per heavy atom. The molecule has 0 spiro atoms. The fourth-order valence-electron chi connectivity index (χ4n) is 4.60. The van der Waals surface area contributed by atoms with Gasteiger partial charge in [-0.3, -0.25) is 4.90 Å². The van der Waals surface area contributed by atoms with Crippen LogP contribution in [-0.2, 0) is 10.3 Å². The van der Waals surface area contributed by atoms with E-state index in [4.69, 9.17) is 15.2 Å². The summed E-state index contributed by atoms with van der Waals surface area (Å²) in [5.41, 5.74) is 7.87. The van der Waals surface area contributed by atoms with E-state index in [0.29, 0.717) is 12.1 Å². The molecule has 1 aliphatic rings. The number of pyridine rings is 1. The maximum atomic E-state index is 13.4. The maximum absolute atomic E-state index is 13.4. The molecule has 1 saturated heterocycles. The minimum Gasteiger partial charge on any atom is -0.475 e. The molecule has 1 fully saturated rings. The van der Waals surface area contributed by atoms with E-state index in [1.165, 1.54) is 19.3 Å². The van der Waals surface area contributed by atoms with E-state index in [2.05, 4.69) is 16.8 Å². The normalized spacial score (nSPS) is 17.1. The molecule has 35 heavy (non-hydrogen) atoms. The van der Waals surface area contributed by atoms with E-state index >= 15 is 0 Å². The first-order valence-electron chi connectivity index (χ1n) is 12.4. The zero-order valence-corrected chi connectivity index (χ0v) is 21.7. The summed E-state index contributed by atoms with van der Waals surface area (Å²) >= 11 is 1.65. The fraction of sp³-hybridized carbons (Fsp3) is 0.481. The van der Waals surface area contributed by atoms with E-state index in [-0.39, 0.29) is 12.1 Å². The molecule has 2 aromatic heterocycles. The molecule has 8 heteroatoms. The zero-order chi connectivity index (χ0) is 24.8. The average Bonchev–Trinajstić information content (AvgIpc) is 3.29. The number of nitrogens with zero attached hydrogens (tertiary/aromatic N) is 3. The number of thioether (sulfide) groups is 1. The number of fused-ring (bicyclic) bond motifs is 1. The summed E-state index contributed by atoms with van der Waals surface area (Å²) in [5.74, 6) is 1.28. The number of carbonyl (C=O) groups is 1. The summed E-state index contributed by atoms with van der Waals surface area (Å²) in [7, 11) is 0. The monoisotopic (exact) mass is 496 g/mol. The second kappa shape index (κ2) is 11.5. The van der Waals surface area contributed by atoms with Crippen molar-refractivity contribution in [2.24, 2.45) is 5.73 Å². The third-order valence-electron chi connectivity index (χ3n) is 6.70. The van der Waals surface area contributed by atoms with Crippen LogP contribution >= 0.6 is 11.8 Å². The van der Waals surface area contributed by atoms with Crippen LogP contribution in [-0.4, -0.2) is 51.6 Å². The van der Waals surface area contributed by atoms with Crippen molar-refractivity contribution in [3.05, 3.63) is 59.9 Å². The van der Waals surface area contributed by atoms with Gasteiger partial charge in [0.1, 0.15) is 16.9 Å². The van der Waals surface area contributed by atoms with Gasteiger partial charge in [-0.25, -0.2) is 4.79 Å². The van der Waals surface area contributed by atoms with E-state index in [1.54, 1.807) is 18.0 Å². The van der Waals surface area contributed by atoms with Crippen LogP contribution in [0.4, 0.5) is 0 Å². The number of imidazole rings is 1. The Bertz CT molecular complexity index is 1110. The molecule has 0 radical (unpaired) electrons. The number of benzene rings is 1. The molecular weight excluding hydrogens is 460 g/mol. The van der Waals surface area contributed by atoms with Gasteiger partial charge in [0, 0.05) is 19.3 Å². The van der Waals surface area contributed by atoms with Crippen LogP contribution in [0.1, 0.15) is 50.2 Å². The van der Waals surface area contributed by atoms with Crippen molar-refractivity contribution in [2.75, 3.05) is 25.1 Å². The molecule has 7 nitrogen and oxygen atoms in total. The zero-order valence-electron chi connectivity index (χ0n) is 20.9. The topological polar surface area (TPSA) is 82.1 Å². The highest BCUT2D eigenvalue weighted by molar-refractivity contribution is 7.98. The number of likely N-dealkylation sites (tertiary alicyclic amines) is 1. The standard InChI is InChI=1S/C27H36N4O3S/c1-4-25(30-14-7-5-8-15-30)33-22-12-11-21(18-20(22)2)27(28,13-17-35-3)26(32)34-24-19-31-16-9-6-10-23(31)29-24/h6,9-12,16,18-19,25H,4-5,7-8,13-15,17,28H2,1-3H3. The molecular formula is C27H36N4O3S. The molecule has 188 valence electrons. The Morgan fingerprint density at radius 3 is 2.71 bits per heavy atom. The van der Waals surface area contributed by atoms with Crippen LogP contribution in [0.25, 0.3) is 5.65 Å². The van der Waals surface area contributed by atoms with Crippen LogP contribution in [0, 0.1) is 6.92 Å². The van der Waals surface area contributed by atoms with Crippen molar-refractivity contribution in [3.8, 4) is 11.6 Å². The van der Waals surface area contributed by atoms with Crippen molar-refractivity contribution < 1.29 is 14.3 Å². The molecule has 1 aromatic carbocycles. The van der Waals surface area contributed by atoms with Crippen LogP contribution in [0.2, 0.25) is 0 Å². The summed E-state index contributed by atoms with van der Waals surface area (Å²) in [6.07, 6.45) is 10.7. The number of rotatable bonds is 10. The number of carbonyl (C=O) groups excluding carboxylic acids is 1. The fourth-order valence-corrected chi connectivity index (χ4v) is 5.13. The summed E-state index contributed by atoms with van der Waals surface area (Å²) in [5, 5.41) is 0. The van der Waals surface area contributed by atoms with Gasteiger partial charge in [-0.05, 0) is 80.0 Å². The van der Waals surface area contributed by atoms with Gasteiger partial charge in [-0.1, -0.05) is 25.5 Å². The van der Waals surface area contributed by atoms with Gasteiger partial charge < -0.3 is 19.6 Å². The summed E-state index contributed by atoms with van der Waals surface area (Å²) in [6, 6.07) is 11.4. The van der Waals surface area contributed by atoms with Gasteiger partial charge in [-0.15, -0.1) is 0 Å². The Labute approximate surface area is 212 Å². The molecule has 2 N–H and O–H groups in total. The van der Waals surface area contributed by atoms with E-state index in [9.17, 15) is 4.79 Å². The molecule has 1 aliphatic heterocycles. The summed E-state index contributed by atoms with van der Waals surface area (Å²) in [6.45, 7) is 6.31. The quantitative estimate of drug-likeness (QED) is 0.405. The van der Waals surface area contributed by atoms with Gasteiger partial charge in [0.2, 0.25) is 5.88 Å². The number of ether oxygens (including phenoxy) is 2. The summed E-state index contributed by atoms with van der Waals surface area (Å²) in [4.78, 5) is 20.2. The molecule has 3 heterocycles. The van der Waals surface area contributed by atoms with Crippen molar-refractivity contribution >= 4 is 23.4 Å². The van der Waals surface area contributed by atoms with Crippen LogP contribution in [0.5, 0.6) is 11.6 Å². The average molecular weight is 497 g/mol. The van der Waals surface area contributed by atoms with E-state index in [0.717, 1.165) is 42.1 Å². The Balaban J connectivity index is 1.55. The number of esters is 1. The van der Waals surface area contributed by atoms with Crippen LogP contribution in [0.15, 0.2) is 48.8 Å². The van der Waals surface area contributed by atoms with E-state index in [1.807, 2.05) is 60.2 Å². The van der Waals surface area contributed by atoms with Crippen LogP contribution < -0.4 is 15.2 Å². The lowest BCUT2D eigenvalue weighted by atomic mass is 9.87. The Hall–Kier alpha value is -2.55. The largest absolute Gasteiger partial charge is 0.475 e. The number of piperidine rings is 1. The SMILES string of the molecule is CCC(Oc1ccc(C(N)(CCSC)C(=O)Oc2cn3ccccc3n2)cc1C)N1CCCCC1. The second-order valence-electron chi connectivity index (χ2n) is 9.21. The highest BCUT2D eigenvalue weighted by Gasteiger charge is 2.38. The number of nitrogens with two attached hydrogens (primary N) is 1. The van der Waals surface area contributed by atoms with Crippen LogP contribution in [0.3, 0.4) is 0 Å². The summed E-state index contributed by atoms with van der Waals surface area (Å²) < 4.78 is 13.9. The number of aryl methyl sites for hydroxylation is 1. The molecule has 0 bridgehead atoms. The van der Waals surface area contributed by atoms with Crippen molar-refractivity contribution in [1.29, 1.82) is 0 Å². The van der Waals surface area contributed by atoms with Gasteiger partial charge in [0.15, 0.2) is 6.23 Å². The highest BCUT2D eigenvalue weighted by Crippen LogP contribution is 2.31. The van der Waals surface area contributed by atoms with Crippen molar-refractivity contribution in [2.45, 2.75) is 57.7 Å². The number of hydrogen-bond acceptors (Lipinski definition) is 7. The highest BCUT2D eigenvalue weighted by atomic mass is 32.2. The molecule has 4 rings (SSSR count). The van der Waals surface area contributed by atoms with Crippen molar-refractivity contribution in [1.82, 2.24) is 14.3 Å². The van der Waals surface area contributed by atoms with Gasteiger partial charge >= 0.3 is 5.97 Å². The molecule has 3 aromatic rings. The molecule has 0 amide bonds. The third kappa shape index (κ3) is 5.82. The minimum atomic E-state index is -1.29. The third-order valence-corrected chi connectivity index (χ3v) is 7.32. The molecule has 0 aliphatic carbocycles. The van der Waals surface area contributed by atoms with E-state index < -0.39 is 11.5 Å². The Kier molecular flexibility index (Phi) is 8.36. The van der Waals surface area contributed by atoms with Gasteiger partial charge in [0.05, 0.1) is 6.20 Å². The van der Waals surface area contributed by atoms with Gasteiger partial charge in [0.25, 0.3) is 0 Å². The first kappa shape index (κ1) is 25.5. The first-order chi connectivity index (χ1) is 16.9. The first-order valence-corrected chi connectivity index (χ1v) is 13.8. The van der Waals surface area contributed by atoms with Gasteiger partial charge in [-0.2, -0.15) is 16.7 Å². The predicted octanol–water partition coefficient (Wildman–Crippen LogP) is 4.76. The minimum absolute atomic E-state index is 0.0546. The predicted molar refractivity (Wildman–Crippen MR) is 141 cm³/mol. The lowest BCUT2D eigenvalue weighted by molar-refractivity contribution is -0.141. The smallest absolute Gasteiger partial charge is 0.337 e. The molecule has 2 unspecified atom stereocenters. The lowest BCUT2D eigenvalue weighted by Gasteiger charge is -2.34. The molecule has 2 atom stereocenters. The lowest BCUT2D eigenvalue weighted by Crippen LogP contribution is -2.48. The maximum Gasteiger partial charge on any atom is 0.337 e. The number of aromatic nitrogens is 2. The Morgan fingerprint density at radius 1 is 1.23 bits per heavy atom. The van der Waals surface area contributed by atoms with Crippen molar-refractivity contribution in [3.63, 3.8) is 0 Å². The second-order valence-corrected chi connectivity index (χ2v) is 10.2.